The van der Waals surface area contributed by atoms with E-state index in [2.05, 4.69) is 20.1 Å². The predicted molar refractivity (Wildman–Crippen MR) is 152 cm³/mol. The van der Waals surface area contributed by atoms with Gasteiger partial charge in [0.25, 0.3) is 0 Å². The average Bonchev–Trinajstić information content (AvgIpc) is 3.38. The number of ketones is 1. The number of nitrogens with one attached hydrogen (secondary N) is 2. The highest BCUT2D eigenvalue weighted by Gasteiger charge is 2.50. The van der Waals surface area contributed by atoms with Crippen molar-refractivity contribution in [1.82, 2.24) is 20.1 Å². The van der Waals surface area contributed by atoms with E-state index in [0.29, 0.717) is 18.2 Å². The van der Waals surface area contributed by atoms with Gasteiger partial charge in [0.2, 0.25) is 5.91 Å². The SMILES string of the molecule is CC(=O)C(N)(c1c[nH]c2ccccc12)C(C(=O)NCc1ccccc1C)N1CCC(N2CCCCC2)CC1. The van der Waals surface area contributed by atoms with E-state index in [1.54, 1.807) is 0 Å². The number of aryl methyl sites for hydroxylation is 1. The van der Waals surface area contributed by atoms with Crippen molar-refractivity contribution in [2.24, 2.45) is 5.73 Å². The molecule has 7 nitrogen and oxygen atoms in total. The largest absolute Gasteiger partial charge is 0.361 e. The number of benzene rings is 2. The fourth-order valence-corrected chi connectivity index (χ4v) is 6.48. The summed E-state index contributed by atoms with van der Waals surface area (Å²) in [5, 5.41) is 4.03. The van der Waals surface area contributed by atoms with Gasteiger partial charge in [-0.05, 0) is 69.8 Å². The number of para-hydroxylation sites is 1. The number of hydrogen-bond acceptors (Lipinski definition) is 5. The van der Waals surface area contributed by atoms with Gasteiger partial charge in [-0.3, -0.25) is 14.5 Å². The van der Waals surface area contributed by atoms with Crippen LogP contribution in [0.1, 0.15) is 55.7 Å². The first-order valence-corrected chi connectivity index (χ1v) is 14.1. The van der Waals surface area contributed by atoms with Gasteiger partial charge in [0.05, 0.1) is 0 Å². The molecule has 38 heavy (non-hydrogen) atoms. The quantitative estimate of drug-likeness (QED) is 0.424. The van der Waals surface area contributed by atoms with Crippen LogP contribution in [0.2, 0.25) is 0 Å². The topological polar surface area (TPSA) is 94.5 Å². The minimum Gasteiger partial charge on any atom is -0.361 e. The fraction of sp³-hybridized carbons (Fsp3) is 0.484. The standard InChI is InChI=1S/C31H41N5O2/c1-22-10-4-5-11-24(22)20-34-30(38)29(36-18-14-25(15-19-36)35-16-8-3-9-17-35)31(32,23(2)37)27-21-33-28-13-7-6-12-26(27)28/h4-7,10-13,21,25,29,33H,3,8-9,14-20,32H2,1-2H3,(H,34,38). The second kappa shape index (κ2) is 11.4. The Hall–Kier alpha value is -3.00. The van der Waals surface area contributed by atoms with Gasteiger partial charge < -0.3 is 20.9 Å². The summed E-state index contributed by atoms with van der Waals surface area (Å²) in [4.78, 5) is 35.6. The molecule has 1 amide bonds. The summed E-state index contributed by atoms with van der Waals surface area (Å²) in [6.07, 6.45) is 7.61. The summed E-state index contributed by atoms with van der Waals surface area (Å²) in [5.74, 6) is -0.413. The molecule has 4 N–H and O–H groups in total. The third kappa shape index (κ3) is 5.15. The van der Waals surface area contributed by atoms with E-state index in [0.717, 1.165) is 61.1 Å². The van der Waals surface area contributed by atoms with Gasteiger partial charge in [0.1, 0.15) is 11.6 Å². The second-order valence-corrected chi connectivity index (χ2v) is 11.1. The van der Waals surface area contributed by atoms with Crippen LogP contribution < -0.4 is 11.1 Å². The molecule has 2 aromatic carbocycles. The van der Waals surface area contributed by atoms with Crippen LogP contribution in [0.3, 0.4) is 0 Å². The summed E-state index contributed by atoms with van der Waals surface area (Å²) in [6.45, 7) is 7.75. The Balaban J connectivity index is 1.46. The Bertz CT molecular complexity index is 1270. The minimum absolute atomic E-state index is 0.201. The zero-order chi connectivity index (χ0) is 26.7. The van der Waals surface area contributed by atoms with Crippen molar-refractivity contribution in [2.45, 2.75) is 70.1 Å². The number of carbonyl (C=O) groups is 2. The number of nitrogens with two attached hydrogens (primary N) is 1. The lowest BCUT2D eigenvalue weighted by Gasteiger charge is -2.46. The maximum atomic E-state index is 14.1. The third-order valence-electron chi connectivity index (χ3n) is 8.78. The van der Waals surface area contributed by atoms with E-state index >= 15 is 0 Å². The fourth-order valence-electron chi connectivity index (χ4n) is 6.48. The van der Waals surface area contributed by atoms with E-state index in [1.807, 2.05) is 61.7 Å². The molecule has 3 aromatic rings. The van der Waals surface area contributed by atoms with Crippen LogP contribution in [0.15, 0.2) is 54.7 Å². The number of carbonyl (C=O) groups excluding carboxylic acids is 2. The molecule has 2 aliphatic heterocycles. The molecule has 0 saturated carbocycles. The lowest BCUT2D eigenvalue weighted by molar-refractivity contribution is -0.137. The number of hydrogen-bond donors (Lipinski definition) is 3. The van der Waals surface area contributed by atoms with Crippen molar-refractivity contribution in [3.05, 3.63) is 71.4 Å². The van der Waals surface area contributed by atoms with Crippen LogP contribution >= 0.6 is 0 Å². The summed E-state index contributed by atoms with van der Waals surface area (Å²) < 4.78 is 0. The lowest BCUT2D eigenvalue weighted by Crippen LogP contribution is -2.67. The molecular weight excluding hydrogens is 474 g/mol. The van der Waals surface area contributed by atoms with E-state index in [4.69, 9.17) is 5.73 Å². The van der Waals surface area contributed by atoms with Gasteiger partial charge >= 0.3 is 0 Å². The Kier molecular flexibility index (Phi) is 7.98. The summed E-state index contributed by atoms with van der Waals surface area (Å²) in [6, 6.07) is 15.6. The average molecular weight is 516 g/mol. The molecule has 2 saturated heterocycles. The van der Waals surface area contributed by atoms with Crippen LogP contribution in [0, 0.1) is 6.92 Å². The first-order chi connectivity index (χ1) is 18.4. The van der Waals surface area contributed by atoms with Gasteiger partial charge in [-0.1, -0.05) is 48.9 Å². The Labute approximate surface area is 225 Å². The molecule has 3 heterocycles. The summed E-state index contributed by atoms with van der Waals surface area (Å²) >= 11 is 0. The summed E-state index contributed by atoms with van der Waals surface area (Å²) in [5.41, 5.74) is 9.41. The van der Waals surface area contributed by atoms with Crippen molar-refractivity contribution < 1.29 is 9.59 Å². The van der Waals surface area contributed by atoms with Gasteiger partial charge in [0, 0.05) is 48.3 Å². The third-order valence-corrected chi connectivity index (χ3v) is 8.78. The highest BCUT2D eigenvalue weighted by atomic mass is 16.2. The molecule has 7 heteroatoms. The Morgan fingerprint density at radius 3 is 2.42 bits per heavy atom. The molecule has 1 aromatic heterocycles. The number of H-pyrrole nitrogens is 1. The number of amides is 1. The van der Waals surface area contributed by atoms with Gasteiger partial charge in [-0.2, -0.15) is 0 Å². The van der Waals surface area contributed by atoms with Crippen LogP contribution in [-0.2, 0) is 21.7 Å². The maximum Gasteiger partial charge on any atom is 0.240 e. The predicted octanol–water partition coefficient (Wildman–Crippen LogP) is 3.85. The van der Waals surface area contributed by atoms with E-state index in [-0.39, 0.29) is 11.7 Å². The number of fused-ring (bicyclic) bond motifs is 1. The lowest BCUT2D eigenvalue weighted by atomic mass is 9.78. The molecule has 0 bridgehead atoms. The molecule has 5 rings (SSSR count). The normalized spacial score (nSPS) is 20.2. The Morgan fingerprint density at radius 1 is 1.03 bits per heavy atom. The first kappa shape index (κ1) is 26.6. The van der Waals surface area contributed by atoms with Crippen LogP contribution in [0.25, 0.3) is 10.9 Å². The van der Waals surface area contributed by atoms with E-state index in [1.165, 1.54) is 26.2 Å². The number of aromatic amines is 1. The van der Waals surface area contributed by atoms with Crippen molar-refractivity contribution in [2.75, 3.05) is 26.2 Å². The first-order valence-electron chi connectivity index (χ1n) is 14.1. The molecule has 0 spiro atoms. The summed E-state index contributed by atoms with van der Waals surface area (Å²) in [7, 11) is 0. The van der Waals surface area contributed by atoms with Crippen LogP contribution in [-0.4, -0.2) is 64.7 Å². The Morgan fingerprint density at radius 2 is 1.71 bits per heavy atom. The van der Waals surface area contributed by atoms with Gasteiger partial charge in [-0.25, -0.2) is 0 Å². The molecular formula is C31H41N5O2. The number of likely N-dealkylation sites (tertiary alicyclic amines) is 2. The molecule has 2 atom stereocenters. The second-order valence-electron chi connectivity index (χ2n) is 11.1. The highest BCUT2D eigenvalue weighted by molar-refractivity contribution is 6.00. The van der Waals surface area contributed by atoms with Crippen molar-refractivity contribution in [3.8, 4) is 0 Å². The van der Waals surface area contributed by atoms with Gasteiger partial charge in [-0.15, -0.1) is 0 Å². The zero-order valence-corrected chi connectivity index (χ0v) is 22.7. The number of aromatic nitrogens is 1. The van der Waals surface area contributed by atoms with Crippen molar-refractivity contribution in [1.29, 1.82) is 0 Å². The molecule has 0 aliphatic carbocycles. The minimum atomic E-state index is -1.49. The number of Topliss-reactive ketones (excluding diaryl/α,β-unsaturated/α-hetero) is 1. The zero-order valence-electron chi connectivity index (χ0n) is 22.7. The monoisotopic (exact) mass is 515 g/mol. The number of rotatable bonds is 8. The van der Waals surface area contributed by atoms with Gasteiger partial charge in [0.15, 0.2) is 5.78 Å². The van der Waals surface area contributed by atoms with Crippen molar-refractivity contribution >= 4 is 22.6 Å². The number of nitrogens with zero attached hydrogens (tertiary/aromatic N) is 2. The molecule has 202 valence electrons. The van der Waals surface area contributed by atoms with E-state index in [9.17, 15) is 9.59 Å². The van der Waals surface area contributed by atoms with Crippen molar-refractivity contribution in [3.63, 3.8) is 0 Å². The smallest absolute Gasteiger partial charge is 0.240 e. The molecule has 2 fully saturated rings. The molecule has 2 aliphatic rings. The molecule has 2 unspecified atom stereocenters. The number of piperidine rings is 2. The van der Waals surface area contributed by atoms with Crippen LogP contribution in [0.5, 0.6) is 0 Å². The highest BCUT2D eigenvalue weighted by Crippen LogP contribution is 2.35. The van der Waals surface area contributed by atoms with E-state index < -0.39 is 11.6 Å². The maximum absolute atomic E-state index is 14.1. The van der Waals surface area contributed by atoms with Crippen LogP contribution in [0.4, 0.5) is 0 Å². The molecule has 0 radical (unpaired) electrons.